The van der Waals surface area contributed by atoms with Gasteiger partial charge in [-0.1, -0.05) is 31.0 Å². The summed E-state index contributed by atoms with van der Waals surface area (Å²) in [5.74, 6) is -1.66. The molecule has 1 aromatic rings. The Balaban J connectivity index is 2.30. The minimum Gasteiger partial charge on any atom is -0.481 e. The predicted molar refractivity (Wildman–Crippen MR) is 58.7 cm³/mol. The summed E-state index contributed by atoms with van der Waals surface area (Å²) in [7, 11) is 0. The summed E-state index contributed by atoms with van der Waals surface area (Å²) < 4.78 is 13.6. The Morgan fingerprint density at radius 1 is 1.25 bits per heavy atom. The Kier molecular flexibility index (Phi) is 3.22. The highest BCUT2D eigenvalue weighted by atomic mass is 19.1. The van der Waals surface area contributed by atoms with Crippen LogP contribution in [0.25, 0.3) is 0 Å². The van der Waals surface area contributed by atoms with Crippen LogP contribution in [0.15, 0.2) is 24.3 Å². The first-order chi connectivity index (χ1) is 7.70. The molecule has 86 valence electrons. The van der Waals surface area contributed by atoms with Crippen molar-refractivity contribution in [1.82, 2.24) is 0 Å². The van der Waals surface area contributed by atoms with Gasteiger partial charge in [0.2, 0.25) is 0 Å². The molecule has 0 unspecified atom stereocenters. The summed E-state index contributed by atoms with van der Waals surface area (Å²) in [5, 5.41) is 9.14. The van der Waals surface area contributed by atoms with E-state index in [4.69, 9.17) is 5.11 Å². The second-order valence-electron chi connectivity index (χ2n) is 4.36. The molecule has 0 radical (unpaired) electrons. The van der Waals surface area contributed by atoms with E-state index in [0.717, 1.165) is 19.3 Å². The van der Waals surface area contributed by atoms with Gasteiger partial charge in [-0.2, -0.15) is 0 Å². The molecular weight excluding hydrogens is 207 g/mol. The first-order valence-corrected chi connectivity index (χ1v) is 5.67. The number of carboxylic acid groups (broad SMARTS) is 1. The third-order valence-electron chi connectivity index (χ3n) is 3.39. The number of rotatable bonds is 2. The monoisotopic (exact) mass is 222 g/mol. The summed E-state index contributed by atoms with van der Waals surface area (Å²) in [6, 6.07) is 6.52. The molecule has 0 heterocycles. The maximum absolute atomic E-state index is 13.6. The molecule has 1 fully saturated rings. The molecule has 1 aromatic carbocycles. The van der Waals surface area contributed by atoms with Gasteiger partial charge in [-0.15, -0.1) is 0 Å². The highest BCUT2D eigenvalue weighted by Gasteiger charge is 2.33. The van der Waals surface area contributed by atoms with E-state index in [1.165, 1.54) is 6.07 Å². The number of hydrogen-bond donors (Lipinski definition) is 1. The molecule has 2 atom stereocenters. The van der Waals surface area contributed by atoms with Crippen LogP contribution in [0, 0.1) is 11.7 Å². The van der Waals surface area contributed by atoms with Crippen LogP contribution in [0.5, 0.6) is 0 Å². The number of hydrogen-bond acceptors (Lipinski definition) is 1. The van der Waals surface area contributed by atoms with Crippen molar-refractivity contribution in [2.45, 2.75) is 31.6 Å². The number of halogens is 1. The Hall–Kier alpha value is -1.38. The molecule has 0 amide bonds. The van der Waals surface area contributed by atoms with Crippen LogP contribution in [0.1, 0.15) is 37.2 Å². The molecule has 1 aliphatic rings. The van der Waals surface area contributed by atoms with Crippen LogP contribution in [-0.2, 0) is 4.79 Å². The van der Waals surface area contributed by atoms with Crippen LogP contribution >= 0.6 is 0 Å². The van der Waals surface area contributed by atoms with Crippen molar-refractivity contribution < 1.29 is 14.3 Å². The van der Waals surface area contributed by atoms with Crippen molar-refractivity contribution in [1.29, 1.82) is 0 Å². The molecule has 1 aliphatic carbocycles. The molecule has 0 bridgehead atoms. The standard InChI is InChI=1S/C13H15FO2/c14-12-8-4-3-6-10(12)9-5-1-2-7-11(9)13(15)16/h3-4,6,8-9,11H,1-2,5,7H2,(H,15,16)/t9-,11-/m1/s1. The fraction of sp³-hybridized carbons (Fsp3) is 0.462. The van der Waals surface area contributed by atoms with Crippen LogP contribution in [0.4, 0.5) is 4.39 Å². The molecule has 0 spiro atoms. The fourth-order valence-electron chi connectivity index (χ4n) is 2.57. The largest absolute Gasteiger partial charge is 0.481 e. The zero-order chi connectivity index (χ0) is 11.5. The van der Waals surface area contributed by atoms with Crippen LogP contribution in [0.3, 0.4) is 0 Å². The SMILES string of the molecule is O=C(O)[C@@H]1CCCC[C@@H]1c1ccccc1F. The van der Waals surface area contributed by atoms with Gasteiger partial charge < -0.3 is 5.11 Å². The minimum atomic E-state index is -0.798. The van der Waals surface area contributed by atoms with Gasteiger partial charge in [0.1, 0.15) is 5.82 Å². The van der Waals surface area contributed by atoms with E-state index in [9.17, 15) is 9.18 Å². The number of carboxylic acids is 1. The normalized spacial score (nSPS) is 25.3. The Labute approximate surface area is 94.1 Å². The second kappa shape index (κ2) is 4.64. The van der Waals surface area contributed by atoms with E-state index in [2.05, 4.69) is 0 Å². The lowest BCUT2D eigenvalue weighted by Gasteiger charge is -2.29. The average molecular weight is 222 g/mol. The second-order valence-corrected chi connectivity index (χ2v) is 4.36. The fourth-order valence-corrected chi connectivity index (χ4v) is 2.57. The van der Waals surface area contributed by atoms with E-state index in [1.807, 2.05) is 0 Å². The quantitative estimate of drug-likeness (QED) is 0.834. The molecule has 2 rings (SSSR count). The Morgan fingerprint density at radius 2 is 1.94 bits per heavy atom. The average Bonchev–Trinajstić information content (AvgIpc) is 2.29. The molecule has 0 saturated heterocycles. The summed E-state index contributed by atoms with van der Waals surface area (Å²) in [6.07, 6.45) is 3.36. The lowest BCUT2D eigenvalue weighted by molar-refractivity contribution is -0.143. The van der Waals surface area contributed by atoms with Crippen molar-refractivity contribution >= 4 is 5.97 Å². The number of carbonyl (C=O) groups is 1. The molecule has 0 aliphatic heterocycles. The van der Waals surface area contributed by atoms with Gasteiger partial charge in [0.25, 0.3) is 0 Å². The van der Waals surface area contributed by atoms with Gasteiger partial charge >= 0.3 is 5.97 Å². The molecule has 2 nitrogen and oxygen atoms in total. The van der Waals surface area contributed by atoms with E-state index in [-0.39, 0.29) is 11.7 Å². The zero-order valence-electron chi connectivity index (χ0n) is 9.03. The molecule has 0 aromatic heterocycles. The van der Waals surface area contributed by atoms with Crippen molar-refractivity contribution in [2.24, 2.45) is 5.92 Å². The molecular formula is C13H15FO2. The van der Waals surface area contributed by atoms with Gasteiger partial charge in [-0.05, 0) is 24.5 Å². The molecule has 1 saturated carbocycles. The predicted octanol–water partition coefficient (Wildman–Crippen LogP) is 3.18. The van der Waals surface area contributed by atoms with Gasteiger partial charge in [-0.3, -0.25) is 4.79 Å². The summed E-state index contributed by atoms with van der Waals surface area (Å²) in [5.41, 5.74) is 0.564. The maximum atomic E-state index is 13.6. The van der Waals surface area contributed by atoms with Crippen LogP contribution in [-0.4, -0.2) is 11.1 Å². The minimum absolute atomic E-state index is 0.160. The first-order valence-electron chi connectivity index (χ1n) is 5.67. The Bertz CT molecular complexity index is 389. The van der Waals surface area contributed by atoms with Crippen molar-refractivity contribution in [3.05, 3.63) is 35.6 Å². The topological polar surface area (TPSA) is 37.3 Å². The van der Waals surface area contributed by atoms with Gasteiger partial charge in [-0.25, -0.2) is 4.39 Å². The highest BCUT2D eigenvalue weighted by Crippen LogP contribution is 2.38. The van der Waals surface area contributed by atoms with Crippen LogP contribution < -0.4 is 0 Å². The van der Waals surface area contributed by atoms with Gasteiger partial charge in [0, 0.05) is 5.92 Å². The summed E-state index contributed by atoms with van der Waals surface area (Å²) in [6.45, 7) is 0. The number of aliphatic carboxylic acids is 1. The lowest BCUT2D eigenvalue weighted by Crippen LogP contribution is -2.26. The van der Waals surface area contributed by atoms with Gasteiger partial charge in [0.15, 0.2) is 0 Å². The third kappa shape index (κ3) is 2.08. The Morgan fingerprint density at radius 3 is 2.62 bits per heavy atom. The zero-order valence-corrected chi connectivity index (χ0v) is 9.03. The lowest BCUT2D eigenvalue weighted by atomic mass is 9.75. The van der Waals surface area contributed by atoms with Crippen molar-refractivity contribution in [3.63, 3.8) is 0 Å². The highest BCUT2D eigenvalue weighted by molar-refractivity contribution is 5.71. The van der Waals surface area contributed by atoms with E-state index >= 15 is 0 Å². The van der Waals surface area contributed by atoms with Crippen LogP contribution in [0.2, 0.25) is 0 Å². The van der Waals surface area contributed by atoms with E-state index in [0.29, 0.717) is 12.0 Å². The van der Waals surface area contributed by atoms with E-state index in [1.54, 1.807) is 18.2 Å². The third-order valence-corrected chi connectivity index (χ3v) is 3.39. The van der Waals surface area contributed by atoms with E-state index < -0.39 is 11.9 Å². The summed E-state index contributed by atoms with van der Waals surface area (Å²) >= 11 is 0. The molecule has 3 heteroatoms. The smallest absolute Gasteiger partial charge is 0.307 e. The number of benzene rings is 1. The van der Waals surface area contributed by atoms with Crippen molar-refractivity contribution in [2.75, 3.05) is 0 Å². The molecule has 1 N–H and O–H groups in total. The first kappa shape index (κ1) is 11.1. The maximum Gasteiger partial charge on any atom is 0.307 e. The molecule has 16 heavy (non-hydrogen) atoms. The van der Waals surface area contributed by atoms with Crippen molar-refractivity contribution in [3.8, 4) is 0 Å². The summed E-state index contributed by atoms with van der Waals surface area (Å²) in [4.78, 5) is 11.1. The van der Waals surface area contributed by atoms with Gasteiger partial charge in [0.05, 0.1) is 5.92 Å².